The van der Waals surface area contributed by atoms with Crippen molar-refractivity contribution < 1.29 is 19.0 Å². The molecule has 1 aromatic heterocycles. The molecule has 0 saturated heterocycles. The zero-order valence-corrected chi connectivity index (χ0v) is 28.9. The number of aliphatic imine (C=N–C) groups is 1. The first kappa shape index (κ1) is 35.6. The van der Waals surface area contributed by atoms with Crippen molar-refractivity contribution in [3.8, 4) is 17.2 Å². The van der Waals surface area contributed by atoms with Crippen LogP contribution in [0.25, 0.3) is 0 Å². The van der Waals surface area contributed by atoms with Crippen molar-refractivity contribution in [1.82, 2.24) is 15.2 Å². The Bertz CT molecular complexity index is 1880. The molecule has 4 aromatic rings. The van der Waals surface area contributed by atoms with Crippen LogP contribution in [0.2, 0.25) is 5.02 Å². The molecule has 1 heterocycles. The van der Waals surface area contributed by atoms with Gasteiger partial charge in [-0.05, 0) is 47.9 Å². The van der Waals surface area contributed by atoms with E-state index in [9.17, 15) is 9.59 Å². The van der Waals surface area contributed by atoms with E-state index < -0.39 is 6.03 Å². The molecular weight excluding hydrogens is 630 g/mol. The van der Waals surface area contributed by atoms with E-state index in [-0.39, 0.29) is 40.7 Å². The number of halogens is 1. The largest absolute Gasteiger partial charge is 0.497 e. The summed E-state index contributed by atoms with van der Waals surface area (Å²) in [4.78, 5) is 30.9. The van der Waals surface area contributed by atoms with Gasteiger partial charge >= 0.3 is 6.03 Å². The van der Waals surface area contributed by atoms with E-state index >= 15 is 0 Å². The number of rotatable bonds is 11. The smallest absolute Gasteiger partial charge is 0.320 e. The number of nitrogens with zero attached hydrogens (tertiary/aromatic N) is 2. The second-order valence-corrected chi connectivity index (χ2v) is 12.5. The number of methoxy groups -OCH3 is 2. The van der Waals surface area contributed by atoms with Crippen LogP contribution in [0.3, 0.4) is 0 Å². The van der Waals surface area contributed by atoms with E-state index in [0.717, 1.165) is 16.7 Å². The van der Waals surface area contributed by atoms with Gasteiger partial charge in [0, 0.05) is 41.6 Å². The second-order valence-electron chi connectivity index (χ2n) is 12.1. The first-order valence-corrected chi connectivity index (χ1v) is 15.7. The molecule has 0 unspecified atom stereocenters. The molecule has 0 radical (unpaired) electrons. The summed E-state index contributed by atoms with van der Waals surface area (Å²) in [6.07, 6.45) is 1.65. The molecule has 0 spiro atoms. The van der Waals surface area contributed by atoms with Crippen molar-refractivity contribution in [1.29, 1.82) is 0 Å². The lowest BCUT2D eigenvalue weighted by molar-refractivity contribution is 0.244. The molecule has 0 aliphatic heterocycles. The Morgan fingerprint density at radius 3 is 2.31 bits per heavy atom. The highest BCUT2D eigenvalue weighted by Gasteiger charge is 2.17. The number of carbonyl (C=O) groups is 1. The van der Waals surface area contributed by atoms with Gasteiger partial charge in [0.25, 0.3) is 5.56 Å². The topological polar surface area (TPSA) is 129 Å². The fourth-order valence-electron chi connectivity index (χ4n) is 4.61. The van der Waals surface area contributed by atoms with Gasteiger partial charge in [-0.3, -0.25) is 10.1 Å². The summed E-state index contributed by atoms with van der Waals surface area (Å²) < 4.78 is 18.3. The minimum atomic E-state index is -0.469. The van der Waals surface area contributed by atoms with Crippen LogP contribution in [0.15, 0.2) is 100 Å². The maximum Gasteiger partial charge on any atom is 0.320 e. The number of aryl methyl sites for hydroxylation is 1. The monoisotopic (exact) mass is 671 g/mol. The highest BCUT2D eigenvalue weighted by atomic mass is 35.5. The number of hydrogen-bond acceptors (Lipinski definition) is 7. The molecule has 4 rings (SSSR count). The molecule has 0 aliphatic rings. The van der Waals surface area contributed by atoms with Crippen LogP contribution in [0.5, 0.6) is 17.2 Å². The molecule has 48 heavy (non-hydrogen) atoms. The Morgan fingerprint density at radius 2 is 1.62 bits per heavy atom. The van der Waals surface area contributed by atoms with E-state index in [0.29, 0.717) is 35.1 Å². The Balaban J connectivity index is 1.46. The number of hydrogen-bond donors (Lipinski definition) is 3. The third kappa shape index (κ3) is 9.65. The number of nitrogens with one attached hydrogen (secondary N) is 2. The summed E-state index contributed by atoms with van der Waals surface area (Å²) in [6, 6.07) is 23.5. The van der Waals surface area contributed by atoms with Gasteiger partial charge in [-0.2, -0.15) is 0 Å². The molecule has 3 aromatic carbocycles. The van der Waals surface area contributed by atoms with Crippen LogP contribution in [0.1, 0.15) is 43.2 Å². The lowest BCUT2D eigenvalue weighted by atomic mass is 9.92. The zero-order valence-electron chi connectivity index (χ0n) is 28.1. The Morgan fingerprint density at radius 1 is 0.958 bits per heavy atom. The van der Waals surface area contributed by atoms with Gasteiger partial charge in [-0.1, -0.05) is 74.8 Å². The first-order valence-electron chi connectivity index (χ1n) is 15.4. The van der Waals surface area contributed by atoms with Crippen molar-refractivity contribution in [3.05, 3.63) is 128 Å². The van der Waals surface area contributed by atoms with Crippen molar-refractivity contribution in [3.63, 3.8) is 0 Å². The van der Waals surface area contributed by atoms with E-state index in [1.807, 2.05) is 88.4 Å². The highest BCUT2D eigenvalue weighted by Crippen LogP contribution is 2.25. The SMILES string of the molecule is COc1cccc(Cn2c(C)cc(OCc3ccccc3CNC(=O)NC(C=C(N)C(C)(C)C)=Nc3cccc(OC)c3)c(Cl)c2=O)c1. The predicted molar refractivity (Wildman–Crippen MR) is 191 cm³/mol. The molecule has 0 fully saturated rings. The Kier molecular flexibility index (Phi) is 11.9. The maximum absolute atomic E-state index is 13.2. The molecule has 10 nitrogen and oxygen atoms in total. The van der Waals surface area contributed by atoms with Gasteiger partial charge in [0.2, 0.25) is 0 Å². The number of benzene rings is 3. The Labute approximate surface area is 286 Å². The minimum Gasteiger partial charge on any atom is -0.497 e. The molecule has 252 valence electrons. The molecular formula is C37H42ClN5O5. The van der Waals surface area contributed by atoms with E-state index in [4.69, 9.17) is 31.5 Å². The number of allylic oxidation sites excluding steroid dienone is 1. The maximum atomic E-state index is 13.2. The lowest BCUT2D eigenvalue weighted by Gasteiger charge is -2.19. The fraction of sp³-hybridized carbons (Fsp3) is 0.270. The zero-order chi connectivity index (χ0) is 34.8. The van der Waals surface area contributed by atoms with Crippen LogP contribution in [0.4, 0.5) is 10.5 Å². The number of nitrogens with two attached hydrogens (primary N) is 1. The number of urea groups is 1. The quantitative estimate of drug-likeness (QED) is 0.118. The van der Waals surface area contributed by atoms with Crippen molar-refractivity contribution in [2.24, 2.45) is 16.1 Å². The Hall–Kier alpha value is -5.22. The number of pyridine rings is 1. The normalized spacial score (nSPS) is 12.0. The summed E-state index contributed by atoms with van der Waals surface area (Å²) in [5.74, 6) is 1.90. The summed E-state index contributed by atoms with van der Waals surface area (Å²) >= 11 is 6.51. The van der Waals surface area contributed by atoms with E-state index in [2.05, 4.69) is 15.6 Å². The lowest BCUT2D eigenvalue weighted by Crippen LogP contribution is -2.39. The molecule has 4 N–H and O–H groups in total. The third-order valence-corrected chi connectivity index (χ3v) is 7.88. The van der Waals surface area contributed by atoms with Crippen molar-refractivity contribution in [2.75, 3.05) is 14.2 Å². The molecule has 2 amide bonds. The van der Waals surface area contributed by atoms with E-state index in [1.54, 1.807) is 43.1 Å². The number of carbonyl (C=O) groups excluding carboxylic acids is 1. The number of amidine groups is 1. The molecule has 0 atom stereocenters. The number of aromatic nitrogens is 1. The van der Waals surface area contributed by atoms with Crippen LogP contribution in [0, 0.1) is 12.3 Å². The molecule has 0 aliphatic carbocycles. The minimum absolute atomic E-state index is 0.0103. The standard InChI is InChI=1S/C37H42ClN5O5/c1-24-17-31(34(38)35(44)43(24)22-25-11-9-15-29(18-25)46-5)48-23-27-13-8-7-12-26(27)21-40-36(45)42-33(20-32(39)37(2,3)4)41-28-14-10-16-30(19-28)47-6/h7-20H,21-23,39H2,1-6H3,(H2,40,41,42,45). The predicted octanol–water partition coefficient (Wildman–Crippen LogP) is 6.87. The summed E-state index contributed by atoms with van der Waals surface area (Å²) in [5.41, 5.74) is 10.0. The van der Waals surface area contributed by atoms with Crippen molar-refractivity contribution >= 4 is 29.2 Å². The van der Waals surface area contributed by atoms with E-state index in [1.165, 1.54) is 0 Å². The average Bonchev–Trinajstić information content (AvgIpc) is 3.06. The second kappa shape index (κ2) is 16.1. The summed E-state index contributed by atoms with van der Waals surface area (Å²) in [6.45, 7) is 8.42. The number of ether oxygens (including phenoxy) is 3. The molecule has 0 saturated carbocycles. The summed E-state index contributed by atoms with van der Waals surface area (Å²) in [5, 5.41) is 5.69. The van der Waals surface area contributed by atoms with Crippen LogP contribution in [-0.2, 0) is 19.7 Å². The highest BCUT2D eigenvalue weighted by molar-refractivity contribution is 6.31. The van der Waals surface area contributed by atoms with Crippen LogP contribution in [-0.4, -0.2) is 30.7 Å². The number of amides is 2. The van der Waals surface area contributed by atoms with Crippen LogP contribution >= 0.6 is 11.6 Å². The molecule has 0 bridgehead atoms. The summed E-state index contributed by atoms with van der Waals surface area (Å²) in [7, 11) is 3.17. The van der Waals surface area contributed by atoms with Gasteiger partial charge in [-0.15, -0.1) is 0 Å². The van der Waals surface area contributed by atoms with Gasteiger partial charge in [-0.25, -0.2) is 9.79 Å². The van der Waals surface area contributed by atoms with Crippen LogP contribution < -0.4 is 36.1 Å². The fourth-order valence-corrected chi connectivity index (χ4v) is 4.82. The van der Waals surface area contributed by atoms with Crippen molar-refractivity contribution in [2.45, 2.75) is 47.4 Å². The van der Waals surface area contributed by atoms with Gasteiger partial charge in [0.1, 0.15) is 34.7 Å². The average molecular weight is 672 g/mol. The van der Waals surface area contributed by atoms with Gasteiger partial charge < -0.3 is 29.8 Å². The van der Waals surface area contributed by atoms with Gasteiger partial charge in [0.05, 0.1) is 26.5 Å². The first-order chi connectivity index (χ1) is 22.9. The molecule has 11 heteroatoms. The van der Waals surface area contributed by atoms with Gasteiger partial charge in [0.15, 0.2) is 0 Å². The third-order valence-electron chi connectivity index (χ3n) is 7.53.